The summed E-state index contributed by atoms with van der Waals surface area (Å²) >= 11 is 0. The van der Waals surface area contributed by atoms with E-state index < -0.39 is 40.7 Å². The molecule has 7 aliphatic rings. The number of rotatable bonds is 26. The van der Waals surface area contributed by atoms with E-state index in [0.717, 1.165) is 148 Å². The van der Waals surface area contributed by atoms with Crippen LogP contribution in [0.5, 0.6) is 11.8 Å². The molecule has 0 atom stereocenters. The minimum atomic E-state index is -4.48. The summed E-state index contributed by atoms with van der Waals surface area (Å²) in [5.74, 6) is 2.79. The molecule has 34 heteroatoms. The van der Waals surface area contributed by atoms with Crippen molar-refractivity contribution in [2.75, 3.05) is 39.8 Å². The molecule has 2 aromatic carbocycles. The Bertz CT molecular complexity index is 6280. The van der Waals surface area contributed by atoms with Crippen LogP contribution in [-0.2, 0) is 61.9 Å². The lowest BCUT2D eigenvalue weighted by Gasteiger charge is -2.35. The van der Waals surface area contributed by atoms with Crippen molar-refractivity contribution < 1.29 is 66.7 Å². The highest BCUT2D eigenvalue weighted by atomic mass is 19.4. The van der Waals surface area contributed by atoms with Crippen LogP contribution in [0.3, 0.4) is 0 Å². The Labute approximate surface area is 809 Å². The van der Waals surface area contributed by atoms with Crippen LogP contribution in [0.25, 0.3) is 55.8 Å². The van der Waals surface area contributed by atoms with Gasteiger partial charge in [-0.25, -0.2) is 39.9 Å². The van der Waals surface area contributed by atoms with Crippen molar-refractivity contribution in [3.63, 3.8) is 0 Å². The summed E-state index contributed by atoms with van der Waals surface area (Å²) in [7, 11) is 0. The molecule has 0 radical (unpaired) electrons. The number of fused-ring (bicyclic) bond motifs is 5. The van der Waals surface area contributed by atoms with Gasteiger partial charge in [-0.2, -0.15) is 23.1 Å². The first kappa shape index (κ1) is 102. The molecule has 1 saturated heterocycles. The number of imidazole rings is 5. The fourth-order valence-electron chi connectivity index (χ4n) is 17.2. The summed E-state index contributed by atoms with van der Waals surface area (Å²) in [6, 6.07) is 39.6. The monoisotopic (exact) mass is 1910 g/mol. The van der Waals surface area contributed by atoms with E-state index in [1.807, 2.05) is 144 Å². The van der Waals surface area contributed by atoms with Crippen LogP contribution < -0.4 is 36.1 Å². The van der Waals surface area contributed by atoms with Crippen LogP contribution in [0, 0.1) is 16.2 Å². The minimum absolute atomic E-state index is 0.0332. The average molecular weight is 1910 g/mol. The molecule has 0 spiro atoms. The predicted molar refractivity (Wildman–Crippen MR) is 531 cm³/mol. The van der Waals surface area contributed by atoms with Crippen molar-refractivity contribution in [3.8, 4) is 11.8 Å². The first-order valence-corrected chi connectivity index (χ1v) is 48.9. The fourth-order valence-corrected chi connectivity index (χ4v) is 17.2. The first-order valence-electron chi connectivity index (χ1n) is 48.9. The molecule has 744 valence electrons. The van der Waals surface area contributed by atoms with Crippen LogP contribution >= 0.6 is 0 Å². The lowest BCUT2D eigenvalue weighted by Crippen LogP contribution is -2.47. The summed E-state index contributed by atoms with van der Waals surface area (Å²) in [6.45, 7) is 35.8. The molecule has 1 aliphatic heterocycles. The Morgan fingerprint density at radius 3 is 0.978 bits per heavy atom. The topological polar surface area (TPSA) is 387 Å². The molecule has 139 heavy (non-hydrogen) atoms. The molecule has 5 amide bonds. The van der Waals surface area contributed by atoms with E-state index >= 15 is 0 Å². The summed E-state index contributed by atoms with van der Waals surface area (Å²) in [6.07, 6.45) is 14.1. The van der Waals surface area contributed by atoms with Crippen LogP contribution in [0.15, 0.2) is 121 Å². The Kier molecular flexibility index (Phi) is 29.0. The highest BCUT2D eigenvalue weighted by Crippen LogP contribution is 2.46. The lowest BCUT2D eigenvalue weighted by molar-refractivity contribution is -0.213. The zero-order chi connectivity index (χ0) is 100. The number of amides is 5. The van der Waals surface area contributed by atoms with E-state index in [1.54, 1.807) is 56.5 Å². The number of hydrogen-bond donors (Lipinski definition) is 8. The van der Waals surface area contributed by atoms with E-state index in [2.05, 4.69) is 113 Å². The van der Waals surface area contributed by atoms with Crippen molar-refractivity contribution in [3.05, 3.63) is 150 Å². The maximum atomic E-state index is 13.1. The molecule has 6 saturated carbocycles. The Balaban J connectivity index is 0.000000132. The minimum Gasteiger partial charge on any atom is -0.474 e. The highest BCUT2D eigenvalue weighted by molar-refractivity contribution is 5.95. The molecule has 10 aromatic heterocycles. The molecular weight excluding hydrogens is 1770 g/mol. The molecule has 6 aliphatic carbocycles. The largest absolute Gasteiger partial charge is 0.474 e. The van der Waals surface area contributed by atoms with Gasteiger partial charge in [0, 0.05) is 73.9 Å². The van der Waals surface area contributed by atoms with Crippen molar-refractivity contribution in [1.82, 2.24) is 72.7 Å². The van der Waals surface area contributed by atoms with Crippen molar-refractivity contribution >= 4 is 115 Å². The van der Waals surface area contributed by atoms with E-state index in [0.29, 0.717) is 131 Å². The van der Waals surface area contributed by atoms with Gasteiger partial charge in [-0.15, -0.1) is 0 Å². The second-order valence-electron chi connectivity index (χ2n) is 45.0. The van der Waals surface area contributed by atoms with E-state index in [9.17, 15) is 52.5 Å². The number of carbonyl (C=O) groups excluding carboxylic acids is 5. The quantitative estimate of drug-likeness (QED) is 0.0250. The van der Waals surface area contributed by atoms with Gasteiger partial charge >= 0.3 is 6.18 Å². The van der Waals surface area contributed by atoms with Crippen molar-refractivity contribution in [2.24, 2.45) is 16.2 Å². The van der Waals surface area contributed by atoms with Gasteiger partial charge in [0.1, 0.15) is 51.0 Å². The zero-order valence-corrected chi connectivity index (χ0v) is 83.7. The van der Waals surface area contributed by atoms with Crippen molar-refractivity contribution in [2.45, 2.75) is 342 Å². The molecule has 19 rings (SSSR count). The lowest BCUT2D eigenvalue weighted by atomic mass is 9.81. The summed E-state index contributed by atoms with van der Waals surface area (Å²) in [5, 5.41) is 45.6. The maximum Gasteiger partial charge on any atom is 0.394 e. The number of nitrogens with zero attached hydrogens (tertiary/aromatic N) is 15. The SMILES string of the molecule is CC(C)(C)CC(=O)Nc1nc2ccc(C(C)(C)O)nc2n1C(C)(C)C.CC(C)(C)CC(=O)Nc1nc2ccc(C3(O)COC3)nc2n1C1CCC1.CC(C)(CC(=O)Nc1nc2ccc(OC3CC3)nc2n1C1CCC1)c1ccccc1.CC(C)(CC(=O)Nc1nc2ccc(OC3CC3)nc2n1C1CCC1)c1ccccc1.CC(C)(O)c1ccc2nc(NC(=O)CC(C)(C)C(F)(F)F)n(C3CCC3)c2n1. The van der Waals surface area contributed by atoms with Gasteiger partial charge in [0.25, 0.3) is 0 Å². The maximum absolute atomic E-state index is 13.1. The van der Waals surface area contributed by atoms with E-state index in [1.165, 1.54) is 12.8 Å². The Hall–Kier alpha value is -11.9. The van der Waals surface area contributed by atoms with Gasteiger partial charge in [-0.05, 0) is 233 Å². The third-order valence-corrected chi connectivity index (χ3v) is 26.4. The number of aromatic nitrogens is 15. The second kappa shape index (κ2) is 39.7. The van der Waals surface area contributed by atoms with Crippen LogP contribution in [0.4, 0.5) is 42.9 Å². The molecule has 11 heterocycles. The van der Waals surface area contributed by atoms with Gasteiger partial charge in [-0.1, -0.05) is 144 Å². The number of carbonyl (C=O) groups is 5. The number of ether oxygens (including phenoxy) is 3. The van der Waals surface area contributed by atoms with E-state index in [-0.39, 0.29) is 76.0 Å². The summed E-state index contributed by atoms with van der Waals surface area (Å²) in [5.41, 5.74) is 4.54. The van der Waals surface area contributed by atoms with Gasteiger partial charge in [0.2, 0.25) is 71.0 Å². The number of alkyl halides is 3. The molecule has 31 nitrogen and oxygen atoms in total. The Morgan fingerprint density at radius 2 is 0.669 bits per heavy atom. The first-order chi connectivity index (χ1) is 65.2. The van der Waals surface area contributed by atoms with Gasteiger partial charge < -0.3 is 29.5 Å². The van der Waals surface area contributed by atoms with Crippen LogP contribution in [-0.4, -0.2) is 149 Å². The Morgan fingerprint density at radius 1 is 0.367 bits per heavy atom. The van der Waals surface area contributed by atoms with Gasteiger partial charge in [-0.3, -0.25) is 73.4 Å². The highest BCUT2D eigenvalue weighted by Gasteiger charge is 2.49. The second-order valence-corrected chi connectivity index (χ2v) is 45.0. The van der Waals surface area contributed by atoms with Crippen molar-refractivity contribution in [1.29, 1.82) is 0 Å². The molecule has 7 fully saturated rings. The number of nitrogens with one attached hydrogen (secondary N) is 5. The third-order valence-electron chi connectivity index (χ3n) is 26.4. The zero-order valence-electron chi connectivity index (χ0n) is 83.7. The number of anilines is 5. The molecular formula is C105H137F3N20O11. The number of hydrogen-bond acceptors (Lipinski definition) is 21. The molecule has 0 unspecified atom stereocenters. The standard InChI is InChI=1S/2C24H28N4O2.C19H25F3N4O2.C19H26N4O3.C19H30N4O2/c2*1-24(2,16-7-4-3-5-8-16)15-20(29)26-23-25-19-13-14-21(30-18-11-12-18)27-22(19)28(23)17-9-6-10-17;1-17(2,19(20,21)22)10-14(27)25-16-23-12-8-9-13(18(3,4)28)24-15(12)26(16)11-6-5-7-11;1-18(2,3)9-15(24)22-17-20-13-7-8-14(19(25)10-26-11-19)21-16(13)23(17)12-5-4-6-12;1-17(2,3)11-14(24)22-16-20-12-9-10-13(19(7,8)25)21-15(12)23(16)18(4,5)6/h2*3-5,7-8,13-14,17-18H,6,9-12,15H2,1-2H3,(H,25,26,29);8-9,11,28H,5-7,10H2,1-4H3,(H,23,25,27);7-8,12,25H,4-6,9-11H2,1-3H3,(H,20,22,24);9-10,25H,11H2,1-8H3,(H,20,22,24). The predicted octanol–water partition coefficient (Wildman–Crippen LogP) is 20.8. The number of aliphatic hydroxyl groups is 3. The smallest absolute Gasteiger partial charge is 0.394 e. The molecule has 0 bridgehead atoms. The normalized spacial score (nSPS) is 16.7. The van der Waals surface area contributed by atoms with E-state index in [4.69, 9.17) is 39.1 Å². The van der Waals surface area contributed by atoms with Crippen LogP contribution in [0.1, 0.15) is 319 Å². The number of pyridine rings is 5. The van der Waals surface area contributed by atoms with Gasteiger partial charge in [0.05, 0.1) is 35.7 Å². The van der Waals surface area contributed by atoms with Crippen LogP contribution in [0.2, 0.25) is 0 Å². The van der Waals surface area contributed by atoms with Gasteiger partial charge in [0.15, 0.2) is 33.8 Å². The average Bonchev–Trinajstić information content (AvgIpc) is 1.68. The molecule has 12 aromatic rings. The third kappa shape index (κ3) is 24.6. The summed E-state index contributed by atoms with van der Waals surface area (Å²) in [4.78, 5) is 109. The number of benzene rings is 2. The molecule has 8 N–H and O–H groups in total. The number of halogens is 3. The fraction of sp³-hybridized carbons (Fsp3) is 0.552. The summed E-state index contributed by atoms with van der Waals surface area (Å²) < 4.78 is 66.1.